The molecule has 0 bridgehead atoms. The molecule has 32 heavy (non-hydrogen) atoms. The second-order valence-electron chi connectivity index (χ2n) is 7.27. The Morgan fingerprint density at radius 3 is 2.66 bits per heavy atom. The first-order valence-electron chi connectivity index (χ1n) is 10.3. The van der Waals surface area contributed by atoms with Crippen molar-refractivity contribution < 1.29 is 9.59 Å². The Kier molecular flexibility index (Phi) is 6.86. The first-order chi connectivity index (χ1) is 15.6. The van der Waals surface area contributed by atoms with Crippen LogP contribution in [0.1, 0.15) is 16.8 Å². The van der Waals surface area contributed by atoms with Gasteiger partial charge in [-0.1, -0.05) is 23.9 Å². The maximum Gasteiger partial charge on any atom is 0.251 e. The number of nitrogens with zero attached hydrogens (tertiary/aromatic N) is 4. The standard InChI is InChI=1S/C23H24N6O2S/c1-28-14-12-25-23(28)32-15-21(30)27-18-9-7-17(8-10-18)22(31)24-11-4-13-29-16-26-19-5-2-3-6-20(19)29/h2-3,5-10,12,14,16H,4,11,13,15H2,1H3,(H,24,31)(H,27,30). The Balaban J connectivity index is 1.20. The Bertz CT molecular complexity index is 1210. The zero-order valence-electron chi connectivity index (χ0n) is 17.7. The number of rotatable bonds is 9. The van der Waals surface area contributed by atoms with Gasteiger partial charge >= 0.3 is 0 Å². The summed E-state index contributed by atoms with van der Waals surface area (Å²) in [5, 5.41) is 6.56. The van der Waals surface area contributed by atoms with Crippen molar-refractivity contribution in [1.82, 2.24) is 24.4 Å². The molecule has 0 aliphatic carbocycles. The Morgan fingerprint density at radius 1 is 1.06 bits per heavy atom. The minimum Gasteiger partial charge on any atom is -0.352 e. The van der Waals surface area contributed by atoms with Crippen molar-refractivity contribution in [1.29, 1.82) is 0 Å². The van der Waals surface area contributed by atoms with Crippen LogP contribution in [0.3, 0.4) is 0 Å². The van der Waals surface area contributed by atoms with Crippen LogP contribution < -0.4 is 10.6 Å². The maximum atomic E-state index is 12.4. The molecule has 0 atom stereocenters. The smallest absolute Gasteiger partial charge is 0.251 e. The highest BCUT2D eigenvalue weighted by Crippen LogP contribution is 2.16. The molecule has 0 aliphatic rings. The molecule has 0 fully saturated rings. The van der Waals surface area contributed by atoms with E-state index in [0.717, 1.165) is 29.2 Å². The fourth-order valence-electron chi connectivity index (χ4n) is 3.26. The largest absolute Gasteiger partial charge is 0.352 e. The molecule has 8 nitrogen and oxygen atoms in total. The molecule has 2 aromatic carbocycles. The van der Waals surface area contributed by atoms with E-state index < -0.39 is 0 Å². The van der Waals surface area contributed by atoms with Gasteiger partial charge in [0.1, 0.15) is 0 Å². The van der Waals surface area contributed by atoms with Gasteiger partial charge in [0.25, 0.3) is 5.91 Å². The number of aryl methyl sites for hydroxylation is 2. The Morgan fingerprint density at radius 2 is 1.88 bits per heavy atom. The van der Waals surface area contributed by atoms with Crippen molar-refractivity contribution in [3.8, 4) is 0 Å². The minimum absolute atomic E-state index is 0.123. The summed E-state index contributed by atoms with van der Waals surface area (Å²) in [4.78, 5) is 33.1. The highest BCUT2D eigenvalue weighted by atomic mass is 32.2. The third kappa shape index (κ3) is 5.36. The van der Waals surface area contributed by atoms with Crippen molar-refractivity contribution in [2.75, 3.05) is 17.6 Å². The van der Waals surface area contributed by atoms with Crippen molar-refractivity contribution in [2.24, 2.45) is 7.05 Å². The van der Waals surface area contributed by atoms with Crippen LogP contribution in [0.25, 0.3) is 11.0 Å². The van der Waals surface area contributed by atoms with Crippen LogP contribution >= 0.6 is 11.8 Å². The number of aromatic nitrogens is 4. The molecule has 2 amide bonds. The second kappa shape index (κ2) is 10.1. The van der Waals surface area contributed by atoms with Crippen LogP contribution in [-0.2, 0) is 18.4 Å². The van der Waals surface area contributed by atoms with Gasteiger partial charge in [-0.15, -0.1) is 0 Å². The lowest BCUT2D eigenvalue weighted by atomic mass is 10.2. The average molecular weight is 449 g/mol. The summed E-state index contributed by atoms with van der Waals surface area (Å²) in [6, 6.07) is 14.9. The van der Waals surface area contributed by atoms with E-state index >= 15 is 0 Å². The van der Waals surface area contributed by atoms with Gasteiger partial charge in [-0.25, -0.2) is 9.97 Å². The molecule has 0 aliphatic heterocycles. The highest BCUT2D eigenvalue weighted by Gasteiger charge is 2.09. The lowest BCUT2D eigenvalue weighted by Gasteiger charge is -2.08. The number of fused-ring (bicyclic) bond motifs is 1. The third-order valence-corrected chi connectivity index (χ3v) is 5.99. The van der Waals surface area contributed by atoms with Gasteiger partial charge in [-0.3, -0.25) is 9.59 Å². The van der Waals surface area contributed by atoms with Crippen LogP contribution in [-0.4, -0.2) is 43.2 Å². The molecule has 0 unspecified atom stereocenters. The predicted octanol–water partition coefficient (Wildman–Crippen LogP) is 3.32. The molecule has 164 valence electrons. The summed E-state index contributed by atoms with van der Waals surface area (Å²) in [7, 11) is 1.89. The van der Waals surface area contributed by atoms with E-state index in [1.165, 1.54) is 11.8 Å². The topological polar surface area (TPSA) is 93.8 Å². The quantitative estimate of drug-likeness (QED) is 0.303. The number of anilines is 1. The lowest BCUT2D eigenvalue weighted by molar-refractivity contribution is -0.113. The number of amides is 2. The highest BCUT2D eigenvalue weighted by molar-refractivity contribution is 7.99. The van der Waals surface area contributed by atoms with Gasteiger partial charge in [0.2, 0.25) is 5.91 Å². The van der Waals surface area contributed by atoms with Crippen LogP contribution in [0.15, 0.2) is 72.4 Å². The number of thioether (sulfide) groups is 1. The number of carbonyl (C=O) groups is 2. The molecule has 0 spiro atoms. The SMILES string of the molecule is Cn1ccnc1SCC(=O)Nc1ccc(C(=O)NCCCn2cnc3ccccc32)cc1. The van der Waals surface area contributed by atoms with Gasteiger partial charge in [0.05, 0.1) is 23.1 Å². The first-order valence-corrected chi connectivity index (χ1v) is 11.3. The number of hydrogen-bond donors (Lipinski definition) is 2. The zero-order valence-corrected chi connectivity index (χ0v) is 18.5. The summed E-state index contributed by atoms with van der Waals surface area (Å²) in [5.41, 5.74) is 3.27. The Hall–Kier alpha value is -3.59. The summed E-state index contributed by atoms with van der Waals surface area (Å²) >= 11 is 1.37. The van der Waals surface area contributed by atoms with E-state index in [9.17, 15) is 9.59 Å². The van der Waals surface area contributed by atoms with Gasteiger partial charge in [0.15, 0.2) is 5.16 Å². The predicted molar refractivity (Wildman–Crippen MR) is 126 cm³/mol. The monoisotopic (exact) mass is 448 g/mol. The molecular formula is C23H24N6O2S. The molecule has 0 saturated carbocycles. The van der Waals surface area contributed by atoms with Crippen molar-refractivity contribution in [2.45, 2.75) is 18.1 Å². The van der Waals surface area contributed by atoms with E-state index in [1.807, 2.05) is 48.4 Å². The zero-order chi connectivity index (χ0) is 22.3. The number of hydrogen-bond acceptors (Lipinski definition) is 5. The van der Waals surface area contributed by atoms with E-state index in [1.54, 1.807) is 30.5 Å². The van der Waals surface area contributed by atoms with Crippen molar-refractivity contribution in [3.63, 3.8) is 0 Å². The number of carbonyl (C=O) groups excluding carboxylic acids is 2. The van der Waals surface area contributed by atoms with E-state index in [4.69, 9.17) is 0 Å². The second-order valence-corrected chi connectivity index (χ2v) is 8.21. The van der Waals surface area contributed by atoms with Gasteiger partial charge in [-0.05, 0) is 42.8 Å². The van der Waals surface area contributed by atoms with Crippen molar-refractivity contribution in [3.05, 3.63) is 72.8 Å². The summed E-state index contributed by atoms with van der Waals surface area (Å²) in [6.07, 6.45) is 6.16. The van der Waals surface area contributed by atoms with Crippen LogP contribution in [0.5, 0.6) is 0 Å². The molecular weight excluding hydrogens is 424 g/mol. The molecule has 4 aromatic rings. The van der Waals surface area contributed by atoms with Crippen molar-refractivity contribution >= 4 is 40.3 Å². The summed E-state index contributed by atoms with van der Waals surface area (Å²) in [6.45, 7) is 1.34. The van der Waals surface area contributed by atoms with E-state index in [2.05, 4.69) is 25.2 Å². The molecule has 2 aromatic heterocycles. The maximum absolute atomic E-state index is 12.4. The number of benzene rings is 2. The van der Waals surface area contributed by atoms with Crippen LogP contribution in [0.4, 0.5) is 5.69 Å². The van der Waals surface area contributed by atoms with Gasteiger partial charge < -0.3 is 19.8 Å². The summed E-state index contributed by atoms with van der Waals surface area (Å²) in [5.74, 6) is 0.00479. The summed E-state index contributed by atoms with van der Waals surface area (Å²) < 4.78 is 3.95. The molecule has 2 heterocycles. The molecule has 4 rings (SSSR count). The number of nitrogens with one attached hydrogen (secondary N) is 2. The molecule has 0 radical (unpaired) electrons. The van der Waals surface area contributed by atoms with Crippen LogP contribution in [0.2, 0.25) is 0 Å². The van der Waals surface area contributed by atoms with Gasteiger partial charge in [0, 0.05) is 43.8 Å². The first kappa shape index (κ1) is 21.6. The minimum atomic E-state index is -0.135. The fraction of sp³-hybridized carbons (Fsp3) is 0.217. The van der Waals surface area contributed by atoms with E-state index in [0.29, 0.717) is 17.8 Å². The molecule has 2 N–H and O–H groups in total. The number of para-hydroxylation sites is 2. The molecule has 0 saturated heterocycles. The fourth-order valence-corrected chi connectivity index (χ4v) is 4.00. The molecule has 9 heteroatoms. The Labute approximate surface area is 190 Å². The third-order valence-electron chi connectivity index (χ3n) is 4.93. The van der Waals surface area contributed by atoms with Gasteiger partial charge in [-0.2, -0.15) is 0 Å². The van der Waals surface area contributed by atoms with E-state index in [-0.39, 0.29) is 17.6 Å². The number of imidazole rings is 2. The average Bonchev–Trinajstić information content (AvgIpc) is 3.41. The van der Waals surface area contributed by atoms with Crippen LogP contribution in [0, 0.1) is 0 Å². The lowest BCUT2D eigenvalue weighted by Crippen LogP contribution is -2.25. The normalized spacial score (nSPS) is 10.9.